The smallest absolute Gasteiger partial charge is 0.232 e. The second kappa shape index (κ2) is 6.96. The minimum absolute atomic E-state index is 0.209. The molecule has 1 saturated heterocycles. The molecule has 0 N–H and O–H groups in total. The van der Waals surface area contributed by atoms with Gasteiger partial charge in [0.2, 0.25) is 5.95 Å². The maximum atomic E-state index is 6.35. The first-order valence-electron chi connectivity index (χ1n) is 9.04. The maximum Gasteiger partial charge on any atom is 0.232 e. The van der Waals surface area contributed by atoms with Gasteiger partial charge in [0.1, 0.15) is 12.7 Å². The van der Waals surface area contributed by atoms with E-state index in [0.29, 0.717) is 24.8 Å². The number of benzene rings is 2. The summed E-state index contributed by atoms with van der Waals surface area (Å²) in [5.41, 5.74) is 3.11. The van der Waals surface area contributed by atoms with Gasteiger partial charge in [0.05, 0.1) is 18.9 Å². The quantitative estimate of drug-likeness (QED) is 0.680. The summed E-state index contributed by atoms with van der Waals surface area (Å²) >= 11 is 6.35. The third-order valence-electron chi connectivity index (χ3n) is 5.00. The fourth-order valence-electron chi connectivity index (χ4n) is 3.71. The van der Waals surface area contributed by atoms with Gasteiger partial charge in [-0.05, 0) is 23.8 Å². The van der Waals surface area contributed by atoms with E-state index in [1.165, 1.54) is 0 Å². The molecule has 7 heteroatoms. The van der Waals surface area contributed by atoms with Crippen molar-refractivity contribution in [2.45, 2.75) is 12.7 Å². The fourth-order valence-corrected chi connectivity index (χ4v) is 3.89. The van der Waals surface area contributed by atoms with Crippen LogP contribution in [0.5, 0.6) is 0 Å². The Hall–Kier alpha value is -2.41. The van der Waals surface area contributed by atoms with Gasteiger partial charge in [0.25, 0.3) is 0 Å². The Kier molecular flexibility index (Phi) is 4.32. The second-order valence-electron chi connectivity index (χ2n) is 6.66. The summed E-state index contributed by atoms with van der Waals surface area (Å²) in [5.74, 6) is 1.62. The number of ether oxygens (including phenoxy) is 2. The van der Waals surface area contributed by atoms with Crippen LogP contribution in [0.15, 0.2) is 48.5 Å². The van der Waals surface area contributed by atoms with Crippen LogP contribution in [0, 0.1) is 0 Å². The zero-order valence-corrected chi connectivity index (χ0v) is 15.5. The highest BCUT2D eigenvalue weighted by Crippen LogP contribution is 2.38. The third-order valence-corrected chi connectivity index (χ3v) is 5.24. The molecule has 3 heterocycles. The number of rotatable bonds is 2. The van der Waals surface area contributed by atoms with Gasteiger partial charge in [-0.2, -0.15) is 0 Å². The minimum Gasteiger partial charge on any atom is -0.378 e. The summed E-state index contributed by atoms with van der Waals surface area (Å²) in [6.45, 7) is 3.36. The zero-order chi connectivity index (χ0) is 18.2. The van der Waals surface area contributed by atoms with Crippen molar-refractivity contribution < 1.29 is 9.47 Å². The number of halogens is 1. The molecule has 0 saturated carbocycles. The molecule has 0 amide bonds. The normalized spacial score (nSPS) is 19.3. The monoisotopic (exact) mass is 382 g/mol. The molecule has 1 unspecified atom stereocenters. The number of aromatic nitrogens is 3. The molecule has 5 rings (SSSR count). The molecule has 6 nitrogen and oxygen atoms in total. The van der Waals surface area contributed by atoms with Crippen molar-refractivity contribution in [3.63, 3.8) is 0 Å². The summed E-state index contributed by atoms with van der Waals surface area (Å²) < 4.78 is 13.9. The lowest BCUT2D eigenvalue weighted by atomic mass is 9.99. The van der Waals surface area contributed by atoms with Crippen LogP contribution in [0.25, 0.3) is 5.69 Å². The third kappa shape index (κ3) is 3.00. The van der Waals surface area contributed by atoms with Gasteiger partial charge in [0.15, 0.2) is 5.82 Å². The molecule has 3 aromatic rings. The van der Waals surface area contributed by atoms with Crippen molar-refractivity contribution in [3.8, 4) is 5.69 Å². The molecular weight excluding hydrogens is 364 g/mol. The molecule has 1 fully saturated rings. The van der Waals surface area contributed by atoms with Gasteiger partial charge in [-0.25, -0.2) is 0 Å². The molecule has 0 aliphatic carbocycles. The predicted molar refractivity (Wildman–Crippen MR) is 102 cm³/mol. The zero-order valence-electron chi connectivity index (χ0n) is 14.7. The number of hydrogen-bond acceptors (Lipinski definition) is 5. The van der Waals surface area contributed by atoms with Crippen LogP contribution >= 0.6 is 11.6 Å². The standard InChI is InChI=1S/C20H19ClN4O2/c21-15-6-7-17-16(12-15)19(14-4-2-1-3-5-14)27-13-18-22-23-20(25(17)18)24-8-10-26-11-9-24/h1-7,12,19H,8-11,13H2. The van der Waals surface area contributed by atoms with Gasteiger partial charge in [0, 0.05) is 23.7 Å². The molecule has 2 aromatic carbocycles. The van der Waals surface area contributed by atoms with Gasteiger partial charge < -0.3 is 14.4 Å². The molecular formula is C20H19ClN4O2. The van der Waals surface area contributed by atoms with Gasteiger partial charge in [-0.3, -0.25) is 4.57 Å². The van der Waals surface area contributed by atoms with Gasteiger partial charge in [-0.15, -0.1) is 10.2 Å². The molecule has 2 aliphatic heterocycles. The van der Waals surface area contributed by atoms with Crippen molar-refractivity contribution in [1.82, 2.24) is 14.8 Å². The molecule has 2 aliphatic rings. The Labute approximate surface area is 162 Å². The first kappa shape index (κ1) is 16.7. The number of fused-ring (bicyclic) bond motifs is 3. The lowest BCUT2D eigenvalue weighted by Gasteiger charge is -2.28. The molecule has 0 bridgehead atoms. The largest absolute Gasteiger partial charge is 0.378 e. The fraction of sp³-hybridized carbons (Fsp3) is 0.300. The summed E-state index contributed by atoms with van der Waals surface area (Å²) in [5, 5.41) is 9.55. The number of nitrogens with zero attached hydrogens (tertiary/aromatic N) is 4. The number of hydrogen-bond donors (Lipinski definition) is 0. The summed E-state index contributed by atoms with van der Waals surface area (Å²) in [6, 6.07) is 16.1. The first-order valence-corrected chi connectivity index (χ1v) is 9.42. The Balaban J connectivity index is 1.66. The molecule has 1 atom stereocenters. The highest BCUT2D eigenvalue weighted by molar-refractivity contribution is 6.30. The van der Waals surface area contributed by atoms with Gasteiger partial charge >= 0.3 is 0 Å². The van der Waals surface area contributed by atoms with Crippen LogP contribution in [0.2, 0.25) is 5.02 Å². The van der Waals surface area contributed by atoms with E-state index in [0.717, 1.165) is 41.7 Å². The molecule has 0 spiro atoms. The SMILES string of the molecule is Clc1ccc2c(c1)C(c1ccccc1)OCc1nnc(N3CCOCC3)n1-2. The minimum atomic E-state index is -0.209. The van der Waals surface area contributed by atoms with Crippen LogP contribution in [0.1, 0.15) is 23.1 Å². The van der Waals surface area contributed by atoms with E-state index in [2.05, 4.69) is 31.8 Å². The lowest BCUT2D eigenvalue weighted by Crippen LogP contribution is -2.38. The van der Waals surface area contributed by atoms with E-state index < -0.39 is 0 Å². The van der Waals surface area contributed by atoms with E-state index in [-0.39, 0.29) is 6.10 Å². The lowest BCUT2D eigenvalue weighted by molar-refractivity contribution is 0.0655. The number of anilines is 1. The highest BCUT2D eigenvalue weighted by atomic mass is 35.5. The number of morpholine rings is 1. The summed E-state index contributed by atoms with van der Waals surface area (Å²) in [7, 11) is 0. The van der Waals surface area contributed by atoms with Crippen LogP contribution in [-0.4, -0.2) is 41.1 Å². The Bertz CT molecular complexity index is 954. The molecule has 1 aromatic heterocycles. The Morgan fingerprint density at radius 3 is 2.63 bits per heavy atom. The van der Waals surface area contributed by atoms with E-state index in [1.807, 2.05) is 36.4 Å². The predicted octanol–water partition coefficient (Wildman–Crippen LogP) is 3.38. The van der Waals surface area contributed by atoms with Crippen molar-refractivity contribution in [2.24, 2.45) is 0 Å². The van der Waals surface area contributed by atoms with E-state index >= 15 is 0 Å². The van der Waals surface area contributed by atoms with Crippen LogP contribution in [0.3, 0.4) is 0 Å². The van der Waals surface area contributed by atoms with Crippen LogP contribution in [0.4, 0.5) is 5.95 Å². The first-order chi connectivity index (χ1) is 13.3. The van der Waals surface area contributed by atoms with Gasteiger partial charge in [-0.1, -0.05) is 41.9 Å². The van der Waals surface area contributed by atoms with Crippen molar-refractivity contribution >= 4 is 17.5 Å². The summed E-state index contributed by atoms with van der Waals surface area (Å²) in [4.78, 5) is 2.21. The average molecular weight is 383 g/mol. The Morgan fingerprint density at radius 2 is 1.81 bits per heavy atom. The van der Waals surface area contributed by atoms with E-state index in [1.54, 1.807) is 0 Å². The Morgan fingerprint density at radius 1 is 1.00 bits per heavy atom. The van der Waals surface area contributed by atoms with E-state index in [4.69, 9.17) is 21.1 Å². The molecule has 138 valence electrons. The van der Waals surface area contributed by atoms with Crippen molar-refractivity contribution in [2.75, 3.05) is 31.2 Å². The second-order valence-corrected chi connectivity index (χ2v) is 7.09. The van der Waals surface area contributed by atoms with Crippen LogP contribution < -0.4 is 4.90 Å². The average Bonchev–Trinajstić information content (AvgIpc) is 3.07. The van der Waals surface area contributed by atoms with E-state index in [9.17, 15) is 0 Å². The summed E-state index contributed by atoms with van der Waals surface area (Å²) in [6.07, 6.45) is -0.209. The molecule has 0 radical (unpaired) electrons. The topological polar surface area (TPSA) is 52.4 Å². The van der Waals surface area contributed by atoms with Crippen LogP contribution in [-0.2, 0) is 16.1 Å². The van der Waals surface area contributed by atoms with Crippen molar-refractivity contribution in [3.05, 3.63) is 70.5 Å². The maximum absolute atomic E-state index is 6.35. The highest BCUT2D eigenvalue weighted by Gasteiger charge is 2.29. The molecule has 27 heavy (non-hydrogen) atoms. The van der Waals surface area contributed by atoms with Crippen molar-refractivity contribution in [1.29, 1.82) is 0 Å².